The van der Waals surface area contributed by atoms with Gasteiger partial charge in [-0.2, -0.15) is 4.98 Å². The molecule has 0 aliphatic heterocycles. The number of likely N-dealkylation sites (N-methyl/N-ethyl adjacent to an activating group) is 2. The predicted molar refractivity (Wildman–Crippen MR) is 139 cm³/mol. The molecule has 184 valence electrons. The number of H-pyrrole nitrogens is 2. The first-order valence-electron chi connectivity index (χ1n) is 11.3. The fourth-order valence-corrected chi connectivity index (χ4v) is 4.20. The van der Waals surface area contributed by atoms with Crippen molar-refractivity contribution in [2.45, 2.75) is 0 Å². The molecule has 0 bridgehead atoms. The van der Waals surface area contributed by atoms with Gasteiger partial charge in [-0.1, -0.05) is 6.07 Å². The summed E-state index contributed by atoms with van der Waals surface area (Å²) in [6, 6.07) is 11.6. The smallest absolute Gasteiger partial charge is 0.294 e. The zero-order chi connectivity index (χ0) is 25.4. The summed E-state index contributed by atoms with van der Waals surface area (Å²) in [7, 11) is 5.73. The molecule has 0 unspecified atom stereocenters. The molecule has 3 N–H and O–H groups in total. The second kappa shape index (κ2) is 9.27. The third kappa shape index (κ3) is 4.31. The van der Waals surface area contributed by atoms with Gasteiger partial charge in [0.2, 0.25) is 5.95 Å². The summed E-state index contributed by atoms with van der Waals surface area (Å²) in [5.41, 5.74) is 3.31. The van der Waals surface area contributed by atoms with Gasteiger partial charge < -0.3 is 25.1 Å². The number of rotatable bonds is 8. The third-order valence-corrected chi connectivity index (χ3v) is 6.05. The van der Waals surface area contributed by atoms with Gasteiger partial charge in [0, 0.05) is 66.1 Å². The maximum absolute atomic E-state index is 14.7. The molecule has 10 nitrogen and oxygen atoms in total. The first-order valence-corrected chi connectivity index (χ1v) is 11.3. The maximum Gasteiger partial charge on any atom is 0.294 e. The monoisotopic (exact) mass is 488 g/mol. The molecule has 0 saturated heterocycles. The molecular formula is C25H25FN8O2. The molecule has 3 heterocycles. The predicted octanol–water partition coefficient (Wildman–Crippen LogP) is 4.89. The summed E-state index contributed by atoms with van der Waals surface area (Å²) < 4.78 is 14.7. The number of nitro benzene ring substituents is 1. The van der Waals surface area contributed by atoms with Crippen LogP contribution in [0.25, 0.3) is 33.2 Å². The lowest BCUT2D eigenvalue weighted by molar-refractivity contribution is -0.384. The summed E-state index contributed by atoms with van der Waals surface area (Å²) in [6.07, 6.45) is 3.45. The topological polar surface area (TPSA) is 119 Å². The van der Waals surface area contributed by atoms with Crippen LogP contribution < -0.4 is 10.2 Å². The van der Waals surface area contributed by atoms with E-state index in [1.54, 1.807) is 36.7 Å². The lowest BCUT2D eigenvalue weighted by Gasteiger charge is -2.21. The summed E-state index contributed by atoms with van der Waals surface area (Å²) in [6.45, 7) is 1.40. The van der Waals surface area contributed by atoms with Crippen molar-refractivity contribution in [3.05, 3.63) is 70.8 Å². The van der Waals surface area contributed by atoms with Crippen LogP contribution >= 0.6 is 0 Å². The molecular weight excluding hydrogens is 463 g/mol. The molecule has 0 spiro atoms. The minimum absolute atomic E-state index is 0.0267. The molecule has 36 heavy (non-hydrogen) atoms. The molecule has 0 aliphatic rings. The van der Waals surface area contributed by atoms with Crippen LogP contribution in [-0.2, 0) is 0 Å². The second-order valence-corrected chi connectivity index (χ2v) is 8.81. The van der Waals surface area contributed by atoms with E-state index >= 15 is 0 Å². The Balaban J connectivity index is 1.53. The van der Waals surface area contributed by atoms with Crippen molar-refractivity contribution in [2.75, 3.05) is 44.4 Å². The van der Waals surface area contributed by atoms with Crippen LogP contribution in [0.3, 0.4) is 0 Å². The van der Waals surface area contributed by atoms with E-state index in [1.807, 2.05) is 37.0 Å². The summed E-state index contributed by atoms with van der Waals surface area (Å²) in [5, 5.41) is 16.1. The number of aromatic amines is 2. The average molecular weight is 489 g/mol. The molecule has 5 aromatic rings. The van der Waals surface area contributed by atoms with Crippen molar-refractivity contribution < 1.29 is 9.31 Å². The van der Waals surface area contributed by atoms with Crippen molar-refractivity contribution in [3.63, 3.8) is 0 Å². The average Bonchev–Trinajstić information content (AvgIpc) is 3.50. The second-order valence-electron chi connectivity index (χ2n) is 8.81. The number of hydrogen-bond donors (Lipinski definition) is 3. The molecule has 5 rings (SSSR count). The summed E-state index contributed by atoms with van der Waals surface area (Å²) in [5.74, 6) is -0.126. The van der Waals surface area contributed by atoms with E-state index in [-0.39, 0.29) is 17.5 Å². The van der Waals surface area contributed by atoms with Crippen LogP contribution in [0, 0.1) is 15.9 Å². The lowest BCUT2D eigenvalue weighted by atomic mass is 10.1. The Morgan fingerprint density at radius 2 is 1.92 bits per heavy atom. The van der Waals surface area contributed by atoms with Crippen LogP contribution in [0.1, 0.15) is 0 Å². The van der Waals surface area contributed by atoms with Gasteiger partial charge in [0.05, 0.1) is 10.6 Å². The zero-order valence-electron chi connectivity index (χ0n) is 20.0. The fraction of sp³-hybridized carbons (Fsp3) is 0.200. The van der Waals surface area contributed by atoms with Gasteiger partial charge in [0.15, 0.2) is 0 Å². The van der Waals surface area contributed by atoms with Crippen LogP contribution in [0.5, 0.6) is 0 Å². The van der Waals surface area contributed by atoms with Crippen LogP contribution in [0.4, 0.5) is 27.4 Å². The van der Waals surface area contributed by atoms with E-state index in [0.29, 0.717) is 45.7 Å². The van der Waals surface area contributed by atoms with Crippen molar-refractivity contribution >= 4 is 44.9 Å². The highest BCUT2D eigenvalue weighted by Crippen LogP contribution is 2.35. The molecule has 11 heteroatoms. The van der Waals surface area contributed by atoms with E-state index in [9.17, 15) is 14.5 Å². The number of nitrogens with one attached hydrogen (secondary N) is 3. The molecule has 2 aromatic carbocycles. The highest BCUT2D eigenvalue weighted by Gasteiger charge is 2.20. The van der Waals surface area contributed by atoms with Gasteiger partial charge in [0.25, 0.3) is 5.69 Å². The van der Waals surface area contributed by atoms with Gasteiger partial charge in [0.1, 0.15) is 17.2 Å². The highest BCUT2D eigenvalue weighted by molar-refractivity contribution is 6.02. The molecule has 0 saturated carbocycles. The third-order valence-electron chi connectivity index (χ3n) is 6.05. The number of hydrogen-bond acceptors (Lipinski definition) is 7. The Morgan fingerprint density at radius 1 is 1.08 bits per heavy atom. The molecule has 0 fully saturated rings. The normalized spacial score (nSPS) is 11.5. The van der Waals surface area contributed by atoms with Crippen molar-refractivity contribution in [1.82, 2.24) is 24.8 Å². The zero-order valence-corrected chi connectivity index (χ0v) is 20.0. The molecule has 0 amide bonds. The minimum Gasteiger partial charge on any atom is -0.368 e. The summed E-state index contributed by atoms with van der Waals surface area (Å²) in [4.78, 5) is 30.7. The van der Waals surface area contributed by atoms with Crippen LogP contribution in [0.15, 0.2) is 54.9 Å². The van der Waals surface area contributed by atoms with Gasteiger partial charge in [-0.3, -0.25) is 10.1 Å². The number of halogens is 1. The van der Waals surface area contributed by atoms with E-state index in [4.69, 9.17) is 0 Å². The Kier molecular flexibility index (Phi) is 5.98. The summed E-state index contributed by atoms with van der Waals surface area (Å²) >= 11 is 0. The number of aromatic nitrogens is 4. The quantitative estimate of drug-likeness (QED) is 0.210. The van der Waals surface area contributed by atoms with Crippen LogP contribution in [0.2, 0.25) is 0 Å². The standard InChI is InChI=1S/C25H25FN8O2/c1-32(2)11-12-33(3)20-8-7-15(13-21(20)34(35)36)29-25-30-23(16-9-10-27-24(16)31-25)17-14-28-19-6-4-5-18(26)22(17)19/h4-10,13-14,28H,11-12H2,1-3H3,(H2,27,29,30,31). The SMILES string of the molecule is CN(C)CCN(C)c1ccc(Nc2nc(-c3c[nH]c4cccc(F)c34)c3cc[nH]c3n2)cc1[N+](=O)[O-]. The number of anilines is 3. The Morgan fingerprint density at radius 3 is 2.69 bits per heavy atom. The number of fused-ring (bicyclic) bond motifs is 2. The Labute approximate surface area is 205 Å². The van der Waals surface area contributed by atoms with Gasteiger partial charge >= 0.3 is 0 Å². The van der Waals surface area contributed by atoms with E-state index in [0.717, 1.165) is 11.9 Å². The number of benzene rings is 2. The van der Waals surface area contributed by atoms with E-state index in [1.165, 1.54) is 12.1 Å². The maximum atomic E-state index is 14.7. The Hall–Kier alpha value is -4.51. The number of nitro groups is 1. The van der Waals surface area contributed by atoms with Crippen molar-refractivity contribution in [1.29, 1.82) is 0 Å². The first kappa shape index (κ1) is 23.2. The molecule has 0 radical (unpaired) electrons. The minimum atomic E-state index is -0.401. The first-order chi connectivity index (χ1) is 17.3. The van der Waals surface area contributed by atoms with Crippen molar-refractivity contribution in [2.24, 2.45) is 0 Å². The van der Waals surface area contributed by atoms with E-state index < -0.39 is 4.92 Å². The highest BCUT2D eigenvalue weighted by atomic mass is 19.1. The fourth-order valence-electron chi connectivity index (χ4n) is 4.20. The largest absolute Gasteiger partial charge is 0.368 e. The Bertz CT molecular complexity index is 1580. The van der Waals surface area contributed by atoms with Gasteiger partial charge in [-0.15, -0.1) is 0 Å². The van der Waals surface area contributed by atoms with Gasteiger partial charge in [-0.25, -0.2) is 9.37 Å². The molecule has 0 atom stereocenters. The molecule has 0 aliphatic carbocycles. The van der Waals surface area contributed by atoms with Gasteiger partial charge in [-0.05, 0) is 44.4 Å². The van der Waals surface area contributed by atoms with Crippen molar-refractivity contribution in [3.8, 4) is 11.3 Å². The molecule has 3 aromatic heterocycles. The lowest BCUT2D eigenvalue weighted by Crippen LogP contribution is -2.28. The van der Waals surface area contributed by atoms with Crippen LogP contribution in [-0.4, -0.2) is 64.0 Å². The van der Waals surface area contributed by atoms with E-state index in [2.05, 4.69) is 25.3 Å². The number of nitrogens with zero attached hydrogens (tertiary/aromatic N) is 5.